The fraction of sp³-hybridized carbons (Fsp3) is 0.857. The van der Waals surface area contributed by atoms with Crippen molar-refractivity contribution in [1.82, 2.24) is 0 Å². The Labute approximate surface area is 152 Å². The highest BCUT2D eigenvalue weighted by molar-refractivity contribution is 5.76. The van der Waals surface area contributed by atoms with E-state index in [-0.39, 0.29) is 0 Å². The van der Waals surface area contributed by atoms with E-state index >= 15 is 0 Å². The van der Waals surface area contributed by atoms with Gasteiger partial charge >= 0.3 is 11.9 Å². The maximum atomic E-state index is 11.7. The van der Waals surface area contributed by atoms with E-state index in [4.69, 9.17) is 14.2 Å². The van der Waals surface area contributed by atoms with Gasteiger partial charge in [-0.15, -0.1) is 0 Å². The monoisotopic (exact) mass is 398 g/mol. The molecule has 0 bridgehead atoms. The van der Waals surface area contributed by atoms with Crippen LogP contribution in [-0.4, -0.2) is 118 Å². The molecular weight excluding hydrogens is 376 g/mol. The summed E-state index contributed by atoms with van der Waals surface area (Å²) in [6, 6.07) is 0. The summed E-state index contributed by atoms with van der Waals surface area (Å²) in [6.45, 7) is -1.12. The summed E-state index contributed by atoms with van der Waals surface area (Å²) in [5.74, 6) is -4.64. The minimum absolute atomic E-state index is 0.988. The summed E-state index contributed by atoms with van der Waals surface area (Å²) < 4.78 is 24.2. The third-order valence-corrected chi connectivity index (χ3v) is 4.38. The Morgan fingerprint density at radius 2 is 1.44 bits per heavy atom. The van der Waals surface area contributed by atoms with Crippen LogP contribution in [0.5, 0.6) is 0 Å². The van der Waals surface area contributed by atoms with Crippen molar-refractivity contribution in [1.29, 1.82) is 0 Å². The van der Waals surface area contributed by atoms with Crippen LogP contribution in [0.25, 0.3) is 0 Å². The summed E-state index contributed by atoms with van der Waals surface area (Å²) in [5.41, 5.74) is 0. The fourth-order valence-electron chi connectivity index (χ4n) is 2.80. The normalized spacial score (nSPS) is 44.7. The molecule has 0 aromatic rings. The largest absolute Gasteiger partial charge is 0.467 e. The van der Waals surface area contributed by atoms with E-state index in [1.807, 2.05) is 0 Å². The summed E-state index contributed by atoms with van der Waals surface area (Å²) in [6.07, 6.45) is -15.0. The van der Waals surface area contributed by atoms with Crippen LogP contribution >= 0.6 is 0 Å². The van der Waals surface area contributed by atoms with Crippen LogP contribution in [0.15, 0.2) is 0 Å². The Morgan fingerprint density at radius 3 is 1.96 bits per heavy atom. The van der Waals surface area contributed by atoms with Gasteiger partial charge in [0, 0.05) is 0 Å². The lowest BCUT2D eigenvalue weighted by Crippen LogP contribution is -2.63. The molecule has 2 heterocycles. The molecule has 6 N–H and O–H groups in total. The van der Waals surface area contributed by atoms with Gasteiger partial charge in [-0.05, 0) is 0 Å². The maximum absolute atomic E-state index is 11.7. The van der Waals surface area contributed by atoms with E-state index in [9.17, 15) is 40.2 Å². The Hall–Kier alpha value is -1.42. The minimum atomic E-state index is -2.47. The van der Waals surface area contributed by atoms with E-state index in [1.54, 1.807) is 0 Å². The Morgan fingerprint density at radius 1 is 0.889 bits per heavy atom. The average Bonchev–Trinajstić information content (AvgIpc) is 2.92. The van der Waals surface area contributed by atoms with Crippen molar-refractivity contribution in [3.8, 4) is 0 Å². The molecule has 2 aliphatic rings. The molecule has 0 saturated carbocycles. The van der Waals surface area contributed by atoms with Crippen molar-refractivity contribution in [2.24, 2.45) is 0 Å². The Kier molecular flexibility index (Phi) is 6.72. The molecule has 0 aromatic heterocycles. The van der Waals surface area contributed by atoms with E-state index < -0.39 is 73.4 Å². The number of esters is 2. The van der Waals surface area contributed by atoms with Gasteiger partial charge in [-0.1, -0.05) is 0 Å². The molecule has 13 nitrogen and oxygen atoms in total. The van der Waals surface area contributed by atoms with Crippen molar-refractivity contribution < 1.29 is 63.9 Å². The zero-order valence-corrected chi connectivity index (χ0v) is 14.4. The summed E-state index contributed by atoms with van der Waals surface area (Å²) in [7, 11) is 1.99. The molecular formula is C14H22O13. The van der Waals surface area contributed by atoms with Crippen molar-refractivity contribution in [3.63, 3.8) is 0 Å². The number of rotatable bonds is 5. The lowest BCUT2D eigenvalue weighted by molar-refractivity contribution is -0.378. The molecule has 2 fully saturated rings. The third kappa shape index (κ3) is 3.78. The first-order chi connectivity index (χ1) is 12.6. The number of aliphatic hydroxyl groups excluding tert-OH is 6. The molecule has 2 saturated heterocycles. The lowest BCUT2D eigenvalue weighted by Gasteiger charge is -2.42. The first-order valence-corrected chi connectivity index (χ1v) is 7.81. The molecule has 0 aromatic carbocycles. The number of aliphatic hydroxyl groups is 6. The fourth-order valence-corrected chi connectivity index (χ4v) is 2.80. The van der Waals surface area contributed by atoms with Crippen LogP contribution in [0.1, 0.15) is 0 Å². The van der Waals surface area contributed by atoms with Gasteiger partial charge in [0.15, 0.2) is 18.5 Å². The SMILES string of the molecule is COC(=O)[C@H]1O[C@@](CO)(O[C@H]2O[C@H](C(=O)OC)[C@@H](O)[C@H](O)[C@H]2O)[C@@H](O)[C@@H]1O. The van der Waals surface area contributed by atoms with Gasteiger partial charge in [0.05, 0.1) is 14.2 Å². The molecule has 0 amide bonds. The Balaban J connectivity index is 2.26. The lowest BCUT2D eigenvalue weighted by atomic mass is 9.98. The zero-order valence-electron chi connectivity index (χ0n) is 14.4. The molecule has 0 unspecified atom stereocenters. The molecule has 2 aliphatic heterocycles. The van der Waals surface area contributed by atoms with Gasteiger partial charge < -0.3 is 54.3 Å². The molecule has 9 atom stereocenters. The molecule has 0 radical (unpaired) electrons. The number of ether oxygens (including phenoxy) is 5. The maximum Gasteiger partial charge on any atom is 0.337 e. The van der Waals surface area contributed by atoms with Crippen LogP contribution < -0.4 is 0 Å². The van der Waals surface area contributed by atoms with Gasteiger partial charge in [0.25, 0.3) is 0 Å². The third-order valence-electron chi connectivity index (χ3n) is 4.38. The van der Waals surface area contributed by atoms with Crippen molar-refractivity contribution >= 4 is 11.9 Å². The van der Waals surface area contributed by atoms with Crippen molar-refractivity contribution in [2.45, 2.75) is 54.8 Å². The topological polar surface area (TPSA) is 202 Å². The van der Waals surface area contributed by atoms with Gasteiger partial charge in [-0.25, -0.2) is 9.59 Å². The first-order valence-electron chi connectivity index (χ1n) is 7.81. The smallest absolute Gasteiger partial charge is 0.337 e. The second kappa shape index (κ2) is 8.30. The first kappa shape index (κ1) is 21.9. The van der Waals surface area contributed by atoms with Gasteiger partial charge in [0.2, 0.25) is 5.79 Å². The number of hydrogen-bond donors (Lipinski definition) is 6. The van der Waals surface area contributed by atoms with E-state index in [2.05, 4.69) is 9.47 Å². The van der Waals surface area contributed by atoms with Gasteiger partial charge in [-0.3, -0.25) is 0 Å². The molecule has 27 heavy (non-hydrogen) atoms. The van der Waals surface area contributed by atoms with Gasteiger partial charge in [-0.2, -0.15) is 0 Å². The van der Waals surface area contributed by atoms with Crippen LogP contribution in [0.3, 0.4) is 0 Å². The zero-order chi connectivity index (χ0) is 20.5. The highest BCUT2D eigenvalue weighted by atomic mass is 16.8. The van der Waals surface area contributed by atoms with Crippen LogP contribution in [-0.2, 0) is 33.3 Å². The van der Waals surface area contributed by atoms with Crippen LogP contribution in [0.4, 0.5) is 0 Å². The second-order valence-corrected chi connectivity index (χ2v) is 6.00. The highest BCUT2D eigenvalue weighted by Gasteiger charge is 2.61. The predicted octanol–water partition coefficient (Wildman–Crippen LogP) is -5.03. The molecule has 156 valence electrons. The van der Waals surface area contributed by atoms with E-state index in [0.29, 0.717) is 0 Å². The number of methoxy groups -OCH3 is 2. The van der Waals surface area contributed by atoms with Crippen molar-refractivity contribution in [3.05, 3.63) is 0 Å². The highest BCUT2D eigenvalue weighted by Crippen LogP contribution is 2.36. The Bertz CT molecular complexity index is 555. The average molecular weight is 398 g/mol. The minimum Gasteiger partial charge on any atom is -0.467 e. The molecule has 0 aliphatic carbocycles. The van der Waals surface area contributed by atoms with E-state index in [1.165, 1.54) is 0 Å². The van der Waals surface area contributed by atoms with Crippen LogP contribution in [0.2, 0.25) is 0 Å². The number of hydrogen-bond acceptors (Lipinski definition) is 13. The van der Waals surface area contributed by atoms with Crippen molar-refractivity contribution in [2.75, 3.05) is 20.8 Å². The number of carbonyl (C=O) groups is 2. The predicted molar refractivity (Wildman–Crippen MR) is 78.5 cm³/mol. The summed E-state index contributed by atoms with van der Waals surface area (Å²) in [4.78, 5) is 23.3. The second-order valence-electron chi connectivity index (χ2n) is 6.00. The standard InChI is InChI=1S/C14H22O13/c1-23-11(21)8-5(17)4(16)6(18)13(25-8)27-14(3-15)10(20)7(19)9(26-14)12(22)24-2/h4-10,13,15-20H,3H2,1-2H3/t4-,5-,6+,7+,8-,9-,10-,13+,14-/m0/s1. The van der Waals surface area contributed by atoms with E-state index in [0.717, 1.165) is 14.2 Å². The number of carbonyl (C=O) groups excluding carboxylic acids is 2. The molecule has 2 rings (SSSR count). The molecule has 13 heteroatoms. The van der Waals surface area contributed by atoms with Crippen LogP contribution in [0, 0.1) is 0 Å². The van der Waals surface area contributed by atoms with Gasteiger partial charge in [0.1, 0.15) is 37.1 Å². The molecule has 0 spiro atoms. The summed E-state index contributed by atoms with van der Waals surface area (Å²) in [5, 5.41) is 59.5. The summed E-state index contributed by atoms with van der Waals surface area (Å²) >= 11 is 0. The quantitative estimate of drug-likeness (QED) is 0.240.